The largest absolute Gasteiger partial charge is 0.481 e. The Morgan fingerprint density at radius 3 is 2.30 bits per heavy atom. The quantitative estimate of drug-likeness (QED) is 0.565. The summed E-state index contributed by atoms with van der Waals surface area (Å²) in [5.41, 5.74) is 0. The number of urea groups is 1. The van der Waals surface area contributed by atoms with Crippen LogP contribution in [0.1, 0.15) is 26.7 Å². The number of hydrogen-bond acceptors (Lipinski definition) is 4. The molecule has 8 heteroatoms. The van der Waals surface area contributed by atoms with Crippen LogP contribution < -0.4 is 5.32 Å². The lowest BCUT2D eigenvalue weighted by atomic mass is 10.2. The molecule has 0 spiro atoms. The van der Waals surface area contributed by atoms with E-state index in [1.54, 1.807) is 0 Å². The zero-order valence-electron chi connectivity index (χ0n) is 12.0. The molecule has 0 heterocycles. The molecular formula is C12H22N2O6. The molecule has 8 nitrogen and oxygen atoms in total. The molecule has 0 aromatic carbocycles. The second-order valence-electron chi connectivity index (χ2n) is 4.38. The fourth-order valence-electron chi connectivity index (χ4n) is 1.54. The number of hydrogen-bond donors (Lipinski definition) is 3. The Kier molecular flexibility index (Phi) is 8.30. The maximum Gasteiger partial charge on any atom is 0.326 e. The van der Waals surface area contributed by atoms with Gasteiger partial charge in [-0.05, 0) is 13.3 Å². The first-order chi connectivity index (χ1) is 9.33. The van der Waals surface area contributed by atoms with Gasteiger partial charge in [-0.2, -0.15) is 0 Å². The second kappa shape index (κ2) is 9.13. The van der Waals surface area contributed by atoms with E-state index in [2.05, 4.69) is 5.32 Å². The Bertz CT molecular complexity index is 347. The zero-order valence-corrected chi connectivity index (χ0v) is 12.0. The second-order valence-corrected chi connectivity index (χ2v) is 4.38. The van der Waals surface area contributed by atoms with E-state index >= 15 is 0 Å². The molecular weight excluding hydrogens is 268 g/mol. The summed E-state index contributed by atoms with van der Waals surface area (Å²) in [6, 6.07) is -2.16. The van der Waals surface area contributed by atoms with Crippen molar-refractivity contribution >= 4 is 18.0 Å². The molecule has 0 aliphatic rings. The summed E-state index contributed by atoms with van der Waals surface area (Å²) in [7, 11) is 1.50. The van der Waals surface area contributed by atoms with E-state index in [0.717, 1.165) is 0 Å². The molecule has 0 aromatic heterocycles. The lowest BCUT2D eigenvalue weighted by Gasteiger charge is -2.29. The molecule has 20 heavy (non-hydrogen) atoms. The van der Waals surface area contributed by atoms with Crippen LogP contribution in [0.4, 0.5) is 4.79 Å². The van der Waals surface area contributed by atoms with Crippen LogP contribution >= 0.6 is 0 Å². The van der Waals surface area contributed by atoms with Crippen LogP contribution in [0.25, 0.3) is 0 Å². The Labute approximate surface area is 117 Å². The minimum Gasteiger partial charge on any atom is -0.481 e. The number of carbonyl (C=O) groups is 3. The van der Waals surface area contributed by atoms with E-state index in [9.17, 15) is 14.4 Å². The molecule has 116 valence electrons. The van der Waals surface area contributed by atoms with Gasteiger partial charge in [0.05, 0.1) is 13.0 Å². The topological polar surface area (TPSA) is 116 Å². The van der Waals surface area contributed by atoms with E-state index in [1.807, 2.05) is 13.8 Å². The zero-order chi connectivity index (χ0) is 15.7. The van der Waals surface area contributed by atoms with Crippen molar-refractivity contribution in [3.63, 3.8) is 0 Å². The SMILES string of the molecule is CCC(C)N(CCOC)C(=O)N[C@H](CC(=O)O)C(=O)O. The van der Waals surface area contributed by atoms with Gasteiger partial charge in [0.2, 0.25) is 0 Å². The highest BCUT2D eigenvalue weighted by atomic mass is 16.5. The van der Waals surface area contributed by atoms with Crippen molar-refractivity contribution < 1.29 is 29.3 Å². The third-order valence-electron chi connectivity index (χ3n) is 2.89. The van der Waals surface area contributed by atoms with Crippen LogP contribution in [0.5, 0.6) is 0 Å². The fourth-order valence-corrected chi connectivity index (χ4v) is 1.54. The van der Waals surface area contributed by atoms with Crippen molar-refractivity contribution in [2.45, 2.75) is 38.8 Å². The third kappa shape index (κ3) is 6.37. The van der Waals surface area contributed by atoms with E-state index in [0.29, 0.717) is 19.6 Å². The summed E-state index contributed by atoms with van der Waals surface area (Å²) >= 11 is 0. The predicted octanol–water partition coefficient (Wildman–Crippen LogP) is 0.371. The van der Waals surface area contributed by atoms with Gasteiger partial charge in [-0.1, -0.05) is 6.92 Å². The lowest BCUT2D eigenvalue weighted by molar-refractivity contribution is -0.145. The molecule has 3 N–H and O–H groups in total. The highest BCUT2D eigenvalue weighted by Crippen LogP contribution is 2.05. The van der Waals surface area contributed by atoms with Gasteiger partial charge in [-0.15, -0.1) is 0 Å². The van der Waals surface area contributed by atoms with Crippen molar-refractivity contribution in [3.05, 3.63) is 0 Å². The van der Waals surface area contributed by atoms with E-state index in [4.69, 9.17) is 14.9 Å². The molecule has 0 radical (unpaired) electrons. The number of methoxy groups -OCH3 is 1. The van der Waals surface area contributed by atoms with E-state index in [-0.39, 0.29) is 6.04 Å². The molecule has 0 bridgehead atoms. The van der Waals surface area contributed by atoms with Crippen LogP contribution in [0.2, 0.25) is 0 Å². The Hall–Kier alpha value is -1.83. The van der Waals surface area contributed by atoms with Crippen LogP contribution in [0.15, 0.2) is 0 Å². The van der Waals surface area contributed by atoms with Crippen molar-refractivity contribution in [1.82, 2.24) is 10.2 Å². The average molecular weight is 290 g/mol. The number of aliphatic carboxylic acids is 2. The first-order valence-corrected chi connectivity index (χ1v) is 6.34. The van der Waals surface area contributed by atoms with E-state index < -0.39 is 30.4 Å². The molecule has 2 atom stereocenters. The van der Waals surface area contributed by atoms with Crippen LogP contribution in [0, 0.1) is 0 Å². The van der Waals surface area contributed by atoms with Gasteiger partial charge in [0, 0.05) is 19.7 Å². The lowest BCUT2D eigenvalue weighted by Crippen LogP contribution is -2.52. The maximum atomic E-state index is 12.0. The fraction of sp³-hybridized carbons (Fsp3) is 0.750. The van der Waals surface area contributed by atoms with Crippen molar-refractivity contribution in [2.24, 2.45) is 0 Å². The van der Waals surface area contributed by atoms with Crippen molar-refractivity contribution in [1.29, 1.82) is 0 Å². The highest BCUT2D eigenvalue weighted by molar-refractivity contribution is 5.86. The van der Waals surface area contributed by atoms with Crippen LogP contribution in [0.3, 0.4) is 0 Å². The van der Waals surface area contributed by atoms with Gasteiger partial charge in [-0.25, -0.2) is 9.59 Å². The smallest absolute Gasteiger partial charge is 0.326 e. The van der Waals surface area contributed by atoms with Gasteiger partial charge >= 0.3 is 18.0 Å². The van der Waals surface area contributed by atoms with Crippen LogP contribution in [-0.4, -0.2) is 65.4 Å². The number of rotatable bonds is 9. The van der Waals surface area contributed by atoms with E-state index in [1.165, 1.54) is 12.0 Å². The monoisotopic (exact) mass is 290 g/mol. The number of nitrogens with zero attached hydrogens (tertiary/aromatic N) is 1. The number of nitrogens with one attached hydrogen (secondary N) is 1. The summed E-state index contributed by atoms with van der Waals surface area (Å²) < 4.78 is 4.90. The Balaban J connectivity index is 4.77. The van der Waals surface area contributed by atoms with Gasteiger partial charge < -0.3 is 25.2 Å². The molecule has 0 saturated carbocycles. The summed E-state index contributed by atoms with van der Waals surface area (Å²) in [6.45, 7) is 4.33. The minimum absolute atomic E-state index is 0.107. The number of carboxylic acids is 2. The minimum atomic E-state index is -1.45. The molecule has 0 rings (SSSR count). The highest BCUT2D eigenvalue weighted by Gasteiger charge is 2.27. The Morgan fingerprint density at radius 1 is 1.30 bits per heavy atom. The predicted molar refractivity (Wildman–Crippen MR) is 70.5 cm³/mol. The van der Waals surface area contributed by atoms with Gasteiger partial charge in [0.15, 0.2) is 0 Å². The first-order valence-electron chi connectivity index (χ1n) is 6.34. The third-order valence-corrected chi connectivity index (χ3v) is 2.89. The van der Waals surface area contributed by atoms with Crippen LogP contribution in [-0.2, 0) is 14.3 Å². The summed E-state index contributed by atoms with van der Waals surface area (Å²) in [6.07, 6.45) is 0.0213. The van der Waals surface area contributed by atoms with Gasteiger partial charge in [0.25, 0.3) is 0 Å². The average Bonchev–Trinajstić information content (AvgIpc) is 2.37. The van der Waals surface area contributed by atoms with Gasteiger partial charge in [0.1, 0.15) is 6.04 Å². The molecule has 0 aromatic rings. The number of ether oxygens (including phenoxy) is 1. The first kappa shape index (κ1) is 18.2. The van der Waals surface area contributed by atoms with Gasteiger partial charge in [-0.3, -0.25) is 4.79 Å². The summed E-state index contributed by atoms with van der Waals surface area (Å²) in [5.74, 6) is -2.67. The molecule has 0 fully saturated rings. The normalized spacial score (nSPS) is 13.3. The molecule has 0 saturated heterocycles. The Morgan fingerprint density at radius 2 is 1.90 bits per heavy atom. The van der Waals surface area contributed by atoms with Crippen molar-refractivity contribution in [3.8, 4) is 0 Å². The summed E-state index contributed by atoms with van der Waals surface area (Å²) in [5, 5.41) is 19.8. The molecule has 0 aliphatic carbocycles. The summed E-state index contributed by atoms with van der Waals surface area (Å²) in [4.78, 5) is 35.0. The molecule has 1 unspecified atom stereocenters. The standard InChI is InChI=1S/C12H22N2O6/c1-4-8(2)14(5-6-20-3)12(19)13-9(11(17)18)7-10(15)16/h8-9H,4-7H2,1-3H3,(H,13,19)(H,15,16)(H,17,18)/t8?,9-/m1/s1. The molecule has 2 amide bonds. The van der Waals surface area contributed by atoms with Crippen molar-refractivity contribution in [2.75, 3.05) is 20.3 Å². The number of amides is 2. The number of carboxylic acid groups (broad SMARTS) is 2. The molecule has 0 aliphatic heterocycles. The maximum absolute atomic E-state index is 12.0. The number of carbonyl (C=O) groups excluding carboxylic acids is 1.